The Balaban J connectivity index is 1.29. The SMILES string of the molecule is O=C1CC(c2nc(CCCc3ccccc3)no2)CN1CC1CC1. The normalized spacial score (nSPS) is 20.8. The zero-order valence-corrected chi connectivity index (χ0v) is 13.9. The van der Waals surface area contributed by atoms with Gasteiger partial charge in [0.1, 0.15) is 0 Å². The van der Waals surface area contributed by atoms with Gasteiger partial charge in [0, 0.05) is 25.9 Å². The van der Waals surface area contributed by atoms with E-state index in [-0.39, 0.29) is 11.8 Å². The van der Waals surface area contributed by atoms with Gasteiger partial charge in [-0.05, 0) is 37.2 Å². The van der Waals surface area contributed by atoms with Crippen LogP contribution in [0.3, 0.4) is 0 Å². The van der Waals surface area contributed by atoms with Gasteiger partial charge >= 0.3 is 0 Å². The van der Waals surface area contributed by atoms with Crippen LogP contribution in [0.4, 0.5) is 0 Å². The van der Waals surface area contributed by atoms with Crippen molar-refractivity contribution >= 4 is 5.91 Å². The van der Waals surface area contributed by atoms with Crippen LogP contribution in [0.15, 0.2) is 34.9 Å². The molecule has 1 saturated heterocycles. The molecule has 2 aromatic rings. The number of hydrogen-bond acceptors (Lipinski definition) is 4. The first-order chi connectivity index (χ1) is 11.8. The fourth-order valence-electron chi connectivity index (χ4n) is 3.36. The van der Waals surface area contributed by atoms with Gasteiger partial charge < -0.3 is 9.42 Å². The lowest BCUT2D eigenvalue weighted by molar-refractivity contribution is -0.127. The largest absolute Gasteiger partial charge is 0.342 e. The average molecular weight is 325 g/mol. The topological polar surface area (TPSA) is 59.2 Å². The van der Waals surface area contributed by atoms with E-state index in [9.17, 15) is 4.79 Å². The zero-order valence-electron chi connectivity index (χ0n) is 13.9. The lowest BCUT2D eigenvalue weighted by atomic mass is 10.1. The lowest BCUT2D eigenvalue weighted by Crippen LogP contribution is -2.27. The number of amides is 1. The van der Waals surface area contributed by atoms with Gasteiger partial charge in [-0.25, -0.2) is 0 Å². The predicted molar refractivity (Wildman–Crippen MR) is 89.4 cm³/mol. The molecule has 1 aliphatic carbocycles. The third-order valence-electron chi connectivity index (χ3n) is 4.93. The van der Waals surface area contributed by atoms with Crippen LogP contribution in [0.5, 0.6) is 0 Å². The van der Waals surface area contributed by atoms with Crippen molar-refractivity contribution in [3.05, 3.63) is 47.6 Å². The molecule has 1 atom stereocenters. The van der Waals surface area contributed by atoms with E-state index >= 15 is 0 Å². The van der Waals surface area contributed by atoms with Crippen LogP contribution in [0.1, 0.15) is 48.9 Å². The molecule has 2 fully saturated rings. The van der Waals surface area contributed by atoms with Crippen molar-refractivity contribution in [2.45, 2.75) is 44.4 Å². The van der Waals surface area contributed by atoms with E-state index in [0.717, 1.165) is 44.1 Å². The van der Waals surface area contributed by atoms with Crippen molar-refractivity contribution in [1.29, 1.82) is 0 Å². The summed E-state index contributed by atoms with van der Waals surface area (Å²) >= 11 is 0. The number of aryl methyl sites for hydroxylation is 2. The molecule has 2 aliphatic rings. The third-order valence-corrected chi connectivity index (χ3v) is 4.93. The fourth-order valence-corrected chi connectivity index (χ4v) is 3.36. The Hall–Kier alpha value is -2.17. The predicted octanol–water partition coefficient (Wildman–Crippen LogP) is 2.97. The molecule has 5 nitrogen and oxygen atoms in total. The maximum Gasteiger partial charge on any atom is 0.232 e. The highest BCUT2D eigenvalue weighted by atomic mass is 16.5. The number of aromatic nitrogens is 2. The smallest absolute Gasteiger partial charge is 0.232 e. The Bertz CT molecular complexity index is 694. The highest BCUT2D eigenvalue weighted by Gasteiger charge is 2.36. The molecule has 0 spiro atoms. The van der Waals surface area contributed by atoms with Crippen molar-refractivity contribution in [2.75, 3.05) is 13.1 Å². The first kappa shape index (κ1) is 15.4. The van der Waals surface area contributed by atoms with Gasteiger partial charge in [0.25, 0.3) is 0 Å². The summed E-state index contributed by atoms with van der Waals surface area (Å²) < 4.78 is 5.43. The lowest BCUT2D eigenvalue weighted by Gasteiger charge is -2.14. The van der Waals surface area contributed by atoms with E-state index in [2.05, 4.69) is 34.4 Å². The van der Waals surface area contributed by atoms with Crippen molar-refractivity contribution in [1.82, 2.24) is 15.0 Å². The molecule has 24 heavy (non-hydrogen) atoms. The Labute approximate surface area is 142 Å². The molecule has 1 aliphatic heterocycles. The standard InChI is InChI=1S/C19H23N3O2/c23-18-11-16(13-22(18)12-15-9-10-15)19-20-17(21-24-19)8-4-7-14-5-2-1-3-6-14/h1-3,5-6,15-16H,4,7-13H2. The zero-order chi connectivity index (χ0) is 16.4. The fraction of sp³-hybridized carbons (Fsp3) is 0.526. The minimum Gasteiger partial charge on any atom is -0.342 e. The Morgan fingerprint density at radius 3 is 2.79 bits per heavy atom. The summed E-state index contributed by atoms with van der Waals surface area (Å²) in [5.41, 5.74) is 1.33. The van der Waals surface area contributed by atoms with E-state index in [1.165, 1.54) is 18.4 Å². The monoisotopic (exact) mass is 325 g/mol. The van der Waals surface area contributed by atoms with Gasteiger partial charge in [-0.3, -0.25) is 4.79 Å². The van der Waals surface area contributed by atoms with Gasteiger partial charge in [0.05, 0.1) is 5.92 Å². The molecular formula is C19H23N3O2. The summed E-state index contributed by atoms with van der Waals surface area (Å²) in [5, 5.41) is 4.10. The van der Waals surface area contributed by atoms with Crippen LogP contribution in [0.2, 0.25) is 0 Å². The molecular weight excluding hydrogens is 302 g/mol. The number of likely N-dealkylation sites (tertiary alicyclic amines) is 1. The Morgan fingerprint density at radius 1 is 1.17 bits per heavy atom. The molecule has 126 valence electrons. The maximum absolute atomic E-state index is 12.1. The molecule has 2 heterocycles. The van der Waals surface area contributed by atoms with E-state index < -0.39 is 0 Å². The second-order valence-electron chi connectivity index (χ2n) is 7.03. The molecule has 1 unspecified atom stereocenters. The summed E-state index contributed by atoms with van der Waals surface area (Å²) in [5.74, 6) is 2.43. The second kappa shape index (κ2) is 6.75. The number of carbonyl (C=O) groups is 1. The summed E-state index contributed by atoms with van der Waals surface area (Å²) in [6, 6.07) is 10.4. The van der Waals surface area contributed by atoms with E-state index in [0.29, 0.717) is 12.3 Å². The molecule has 1 aromatic carbocycles. The van der Waals surface area contributed by atoms with Gasteiger partial charge in [-0.15, -0.1) is 0 Å². The third kappa shape index (κ3) is 3.66. The van der Waals surface area contributed by atoms with E-state index in [4.69, 9.17) is 4.52 Å². The molecule has 5 heteroatoms. The van der Waals surface area contributed by atoms with E-state index in [1.807, 2.05) is 11.0 Å². The summed E-state index contributed by atoms with van der Waals surface area (Å²) in [6.07, 6.45) is 5.87. The van der Waals surface area contributed by atoms with Gasteiger partial charge in [0.15, 0.2) is 5.82 Å². The molecule has 4 rings (SSSR count). The van der Waals surface area contributed by atoms with Crippen LogP contribution < -0.4 is 0 Å². The number of hydrogen-bond donors (Lipinski definition) is 0. The summed E-state index contributed by atoms with van der Waals surface area (Å²) in [4.78, 5) is 18.6. The van der Waals surface area contributed by atoms with Gasteiger partial charge in [0.2, 0.25) is 11.8 Å². The average Bonchev–Trinajstić information content (AvgIpc) is 3.16. The van der Waals surface area contributed by atoms with Gasteiger partial charge in [-0.2, -0.15) is 4.98 Å². The molecule has 1 amide bonds. The quantitative estimate of drug-likeness (QED) is 0.785. The molecule has 1 saturated carbocycles. The summed E-state index contributed by atoms with van der Waals surface area (Å²) in [7, 11) is 0. The maximum atomic E-state index is 12.1. The van der Waals surface area contributed by atoms with Crippen LogP contribution in [0, 0.1) is 5.92 Å². The van der Waals surface area contributed by atoms with Crippen molar-refractivity contribution in [3.63, 3.8) is 0 Å². The minimum atomic E-state index is 0.0756. The number of rotatable bonds is 7. The highest BCUT2D eigenvalue weighted by molar-refractivity contribution is 5.79. The van der Waals surface area contributed by atoms with Crippen LogP contribution in [-0.4, -0.2) is 34.0 Å². The minimum absolute atomic E-state index is 0.0756. The first-order valence-electron chi connectivity index (χ1n) is 8.92. The number of benzene rings is 1. The second-order valence-corrected chi connectivity index (χ2v) is 7.03. The Morgan fingerprint density at radius 2 is 2.00 bits per heavy atom. The molecule has 0 radical (unpaired) electrons. The first-order valence-corrected chi connectivity index (χ1v) is 8.92. The van der Waals surface area contributed by atoms with Crippen LogP contribution in [0.25, 0.3) is 0 Å². The summed E-state index contributed by atoms with van der Waals surface area (Å²) in [6.45, 7) is 1.65. The molecule has 1 aromatic heterocycles. The molecule has 0 N–H and O–H groups in total. The van der Waals surface area contributed by atoms with Crippen molar-refractivity contribution in [3.8, 4) is 0 Å². The van der Waals surface area contributed by atoms with Crippen molar-refractivity contribution in [2.24, 2.45) is 5.92 Å². The van der Waals surface area contributed by atoms with Crippen molar-refractivity contribution < 1.29 is 9.32 Å². The van der Waals surface area contributed by atoms with E-state index in [1.54, 1.807) is 0 Å². The number of carbonyl (C=O) groups excluding carboxylic acids is 1. The highest BCUT2D eigenvalue weighted by Crippen LogP contribution is 2.34. The van der Waals surface area contributed by atoms with Gasteiger partial charge in [-0.1, -0.05) is 35.5 Å². The molecule has 0 bridgehead atoms. The van der Waals surface area contributed by atoms with Crippen LogP contribution >= 0.6 is 0 Å². The Kier molecular flexibility index (Phi) is 4.32. The number of nitrogens with zero attached hydrogens (tertiary/aromatic N) is 3. The van der Waals surface area contributed by atoms with Crippen LogP contribution in [-0.2, 0) is 17.6 Å².